The van der Waals surface area contributed by atoms with Gasteiger partial charge < -0.3 is 8.98 Å². The summed E-state index contributed by atoms with van der Waals surface area (Å²) in [5, 5.41) is 11.1. The molecule has 0 radical (unpaired) electrons. The number of para-hydroxylation sites is 1. The molecule has 3 heterocycles. The summed E-state index contributed by atoms with van der Waals surface area (Å²) in [7, 11) is 0. The lowest BCUT2D eigenvalue weighted by atomic mass is 9.90. The number of benzene rings is 9. The number of hydrogen-bond donors (Lipinski definition) is 0. The highest BCUT2D eigenvalue weighted by Gasteiger charge is 2.23. The van der Waals surface area contributed by atoms with Crippen molar-refractivity contribution in [3.63, 3.8) is 0 Å². The summed E-state index contributed by atoms with van der Waals surface area (Å²) in [5.41, 5.74) is 10.9. The molecule has 0 saturated heterocycles. The Kier molecular flexibility index (Phi) is 6.02. The maximum Gasteiger partial charge on any atom is 0.180 e. The van der Waals surface area contributed by atoms with E-state index in [1.54, 1.807) is 0 Å². The molecule has 0 N–H and O–H groups in total. The van der Waals surface area contributed by atoms with E-state index in [9.17, 15) is 0 Å². The zero-order valence-corrected chi connectivity index (χ0v) is 29.0. The molecule has 0 aliphatic rings. The monoisotopic (exact) mass is 687 g/mol. The number of furan rings is 1. The average molecular weight is 688 g/mol. The molecule has 3 aromatic heterocycles. The maximum absolute atomic E-state index is 6.40. The van der Waals surface area contributed by atoms with Crippen LogP contribution in [0.5, 0.6) is 0 Å². The highest BCUT2D eigenvalue weighted by molar-refractivity contribution is 6.39. The lowest BCUT2D eigenvalue weighted by molar-refractivity contribution is 0.667. The van der Waals surface area contributed by atoms with Gasteiger partial charge in [-0.3, -0.25) is 0 Å². The molecule has 9 aromatic carbocycles. The van der Waals surface area contributed by atoms with Gasteiger partial charge in [0.15, 0.2) is 11.4 Å². The van der Waals surface area contributed by atoms with E-state index in [0.29, 0.717) is 11.4 Å². The largest absolute Gasteiger partial charge is 0.452 e. The van der Waals surface area contributed by atoms with Gasteiger partial charge in [-0.05, 0) is 80.5 Å². The fourth-order valence-corrected chi connectivity index (χ4v) is 8.75. The molecule has 4 nitrogen and oxygen atoms in total. The van der Waals surface area contributed by atoms with Crippen molar-refractivity contribution in [1.29, 1.82) is 0 Å². The maximum atomic E-state index is 6.40. The molecule has 12 rings (SSSR count). The summed E-state index contributed by atoms with van der Waals surface area (Å²) in [6.45, 7) is 0. The number of aromatic nitrogens is 3. The van der Waals surface area contributed by atoms with Crippen LogP contribution in [0.2, 0.25) is 0 Å². The number of rotatable bonds is 4. The number of fused-ring (bicyclic) bond motifs is 8. The lowest BCUT2D eigenvalue weighted by Crippen LogP contribution is -1.97. The number of hydrogen-bond acceptors (Lipinski definition) is 3. The molecule has 54 heavy (non-hydrogen) atoms. The van der Waals surface area contributed by atoms with E-state index in [4.69, 9.17) is 14.4 Å². The Labute approximate surface area is 309 Å². The fourth-order valence-electron chi connectivity index (χ4n) is 8.75. The highest BCUT2D eigenvalue weighted by atomic mass is 16.3. The van der Waals surface area contributed by atoms with E-state index in [2.05, 4.69) is 144 Å². The summed E-state index contributed by atoms with van der Waals surface area (Å²) in [6, 6.07) is 62.6. The Bertz CT molecular complexity index is 3430. The van der Waals surface area contributed by atoms with Crippen LogP contribution >= 0.6 is 0 Å². The minimum atomic E-state index is 0.660. The zero-order chi connectivity index (χ0) is 35.3. The third-order valence-electron chi connectivity index (χ3n) is 11.1. The molecule has 250 valence electrons. The zero-order valence-electron chi connectivity index (χ0n) is 29.0. The Balaban J connectivity index is 1.15. The van der Waals surface area contributed by atoms with Gasteiger partial charge in [0.1, 0.15) is 16.8 Å². The molecule has 0 aliphatic heterocycles. The van der Waals surface area contributed by atoms with Crippen molar-refractivity contribution in [2.75, 3.05) is 0 Å². The summed E-state index contributed by atoms with van der Waals surface area (Å²) in [6.07, 6.45) is 0. The third kappa shape index (κ3) is 4.13. The molecular weight excluding hydrogens is 659 g/mol. The van der Waals surface area contributed by atoms with Gasteiger partial charge in [0.25, 0.3) is 0 Å². The molecule has 12 aromatic rings. The second-order valence-electron chi connectivity index (χ2n) is 14.1. The van der Waals surface area contributed by atoms with E-state index in [1.165, 1.54) is 65.3 Å². The van der Waals surface area contributed by atoms with Crippen molar-refractivity contribution >= 4 is 76.2 Å². The first-order chi connectivity index (χ1) is 26.8. The smallest absolute Gasteiger partial charge is 0.180 e. The predicted molar refractivity (Wildman–Crippen MR) is 224 cm³/mol. The van der Waals surface area contributed by atoms with Crippen LogP contribution in [0.15, 0.2) is 180 Å². The van der Waals surface area contributed by atoms with Gasteiger partial charge in [0.2, 0.25) is 0 Å². The van der Waals surface area contributed by atoms with Crippen molar-refractivity contribution in [2.24, 2.45) is 0 Å². The van der Waals surface area contributed by atoms with Crippen molar-refractivity contribution in [2.45, 2.75) is 0 Å². The molecule has 0 amide bonds. The summed E-state index contributed by atoms with van der Waals surface area (Å²) in [5.74, 6) is 0.660. The molecular formula is C50H29N3O. The van der Waals surface area contributed by atoms with Gasteiger partial charge in [0, 0.05) is 38.4 Å². The molecule has 0 unspecified atom stereocenters. The second-order valence-corrected chi connectivity index (χ2v) is 14.1. The van der Waals surface area contributed by atoms with E-state index in [-0.39, 0.29) is 0 Å². The van der Waals surface area contributed by atoms with Gasteiger partial charge in [-0.1, -0.05) is 133 Å². The van der Waals surface area contributed by atoms with E-state index < -0.39 is 0 Å². The van der Waals surface area contributed by atoms with Crippen LogP contribution in [0.3, 0.4) is 0 Å². The van der Waals surface area contributed by atoms with Crippen molar-refractivity contribution in [3.8, 4) is 39.5 Å². The molecule has 0 atom stereocenters. The van der Waals surface area contributed by atoms with Gasteiger partial charge in [-0.15, -0.1) is 0 Å². The Morgan fingerprint density at radius 3 is 1.94 bits per heavy atom. The van der Waals surface area contributed by atoms with Crippen LogP contribution in [0.4, 0.5) is 0 Å². The standard InChI is InChI=1S/C50H29N3O/c1-3-13-30(14-4-1)32-25-26-33-29-42-46-44(40(33)28-32)37-20-8-7-19-36(37)38-22-12-23-41(45(38)46)53(42)35-18-11-17-34(27-35)50-51-47(31-15-5-2-6-16-31)49-48(52-50)39-21-9-10-24-43(39)54-49/h1-29H. The van der Waals surface area contributed by atoms with Crippen molar-refractivity contribution in [3.05, 3.63) is 176 Å². The van der Waals surface area contributed by atoms with Gasteiger partial charge in [0.05, 0.1) is 11.0 Å². The third-order valence-corrected chi connectivity index (χ3v) is 11.1. The topological polar surface area (TPSA) is 43.9 Å². The average Bonchev–Trinajstić information content (AvgIpc) is 3.79. The molecule has 0 saturated carbocycles. The van der Waals surface area contributed by atoms with Crippen LogP contribution in [-0.4, -0.2) is 14.5 Å². The molecule has 0 fully saturated rings. The van der Waals surface area contributed by atoms with Crippen LogP contribution in [0, 0.1) is 0 Å². The first-order valence-electron chi connectivity index (χ1n) is 18.3. The highest BCUT2D eigenvalue weighted by Crippen LogP contribution is 2.47. The quantitative estimate of drug-likeness (QED) is 0.173. The molecule has 0 spiro atoms. The predicted octanol–water partition coefficient (Wildman–Crippen LogP) is 13.4. The first-order valence-corrected chi connectivity index (χ1v) is 18.3. The van der Waals surface area contributed by atoms with Crippen LogP contribution in [-0.2, 0) is 0 Å². The second kappa shape index (κ2) is 11.1. The Morgan fingerprint density at radius 1 is 0.407 bits per heavy atom. The van der Waals surface area contributed by atoms with Crippen LogP contribution in [0.25, 0.3) is 116 Å². The first kappa shape index (κ1) is 29.3. The van der Waals surface area contributed by atoms with E-state index >= 15 is 0 Å². The fraction of sp³-hybridized carbons (Fsp3) is 0. The van der Waals surface area contributed by atoms with Crippen LogP contribution in [0.1, 0.15) is 0 Å². The van der Waals surface area contributed by atoms with Gasteiger partial charge in [-0.25, -0.2) is 9.97 Å². The Hall–Kier alpha value is -7.30. The van der Waals surface area contributed by atoms with E-state index in [1.807, 2.05) is 36.4 Å². The Morgan fingerprint density at radius 2 is 1.09 bits per heavy atom. The van der Waals surface area contributed by atoms with Crippen molar-refractivity contribution < 1.29 is 4.42 Å². The van der Waals surface area contributed by atoms with Gasteiger partial charge >= 0.3 is 0 Å². The minimum Gasteiger partial charge on any atom is -0.452 e. The van der Waals surface area contributed by atoms with E-state index in [0.717, 1.165) is 39.0 Å². The van der Waals surface area contributed by atoms with Gasteiger partial charge in [-0.2, -0.15) is 0 Å². The summed E-state index contributed by atoms with van der Waals surface area (Å²) >= 11 is 0. The van der Waals surface area contributed by atoms with Crippen LogP contribution < -0.4 is 0 Å². The summed E-state index contributed by atoms with van der Waals surface area (Å²) in [4.78, 5) is 10.4. The SMILES string of the molecule is c1ccc(-c2ccc3cc4c5c(c3c2)c2ccccc2c2cccc(c25)n4-c2cccc(-c3nc(-c4ccccc4)c4oc5ccccc5c4n3)c2)cc1. The molecule has 4 heteroatoms. The molecule has 0 aliphatic carbocycles. The molecule has 0 bridgehead atoms. The van der Waals surface area contributed by atoms with Crippen molar-refractivity contribution in [1.82, 2.24) is 14.5 Å². The minimum absolute atomic E-state index is 0.660. The number of nitrogens with zero attached hydrogens (tertiary/aromatic N) is 3. The normalized spacial score (nSPS) is 12.1. The lowest BCUT2D eigenvalue weighted by Gasteiger charge is -2.13. The summed E-state index contributed by atoms with van der Waals surface area (Å²) < 4.78 is 8.83.